The van der Waals surface area contributed by atoms with Gasteiger partial charge in [-0.1, -0.05) is 20.8 Å². The van der Waals surface area contributed by atoms with Gasteiger partial charge in [0, 0.05) is 6.54 Å². The van der Waals surface area contributed by atoms with Crippen molar-refractivity contribution in [2.75, 3.05) is 6.54 Å². The second kappa shape index (κ2) is 7.52. The normalized spacial score (nSPS) is 13.8. The molecule has 7 nitrogen and oxygen atoms in total. The second-order valence-electron chi connectivity index (χ2n) is 4.64. The molecule has 5 N–H and O–H groups in total. The number of carbonyl (C=O) groups excluding carboxylic acids is 2. The first kappa shape index (κ1) is 16.2. The Balaban J connectivity index is 4.18. The lowest BCUT2D eigenvalue weighted by molar-refractivity contribution is -0.140. The summed E-state index contributed by atoms with van der Waals surface area (Å²) < 4.78 is 0. The molecule has 0 fully saturated rings. The molecule has 0 aliphatic rings. The summed E-state index contributed by atoms with van der Waals surface area (Å²) in [7, 11) is 0. The van der Waals surface area contributed by atoms with Crippen LogP contribution in [0.2, 0.25) is 0 Å². The lowest BCUT2D eigenvalue weighted by Gasteiger charge is -2.18. The molecule has 0 saturated heterocycles. The Kier molecular flexibility index (Phi) is 6.77. The van der Waals surface area contributed by atoms with Gasteiger partial charge in [-0.15, -0.1) is 0 Å². The van der Waals surface area contributed by atoms with Gasteiger partial charge in [-0.2, -0.15) is 0 Å². The van der Waals surface area contributed by atoms with Crippen LogP contribution in [-0.4, -0.2) is 35.6 Å². The van der Waals surface area contributed by atoms with Crippen molar-refractivity contribution in [3.8, 4) is 0 Å². The van der Waals surface area contributed by atoms with Gasteiger partial charge in [0.25, 0.3) is 0 Å². The first-order valence-electron chi connectivity index (χ1n) is 5.79. The zero-order valence-electron chi connectivity index (χ0n) is 10.9. The topological polar surface area (TPSA) is 122 Å². The van der Waals surface area contributed by atoms with Gasteiger partial charge < -0.3 is 21.5 Å². The third kappa shape index (κ3) is 6.72. The van der Waals surface area contributed by atoms with E-state index in [1.54, 1.807) is 0 Å². The largest absolute Gasteiger partial charge is 0.480 e. The van der Waals surface area contributed by atoms with Crippen LogP contribution in [0.1, 0.15) is 27.2 Å². The number of rotatable bonds is 7. The summed E-state index contributed by atoms with van der Waals surface area (Å²) in [6, 6.07) is -1.91. The molecule has 0 aromatic rings. The van der Waals surface area contributed by atoms with Crippen LogP contribution < -0.4 is 16.4 Å². The molecule has 0 aromatic carbocycles. The van der Waals surface area contributed by atoms with Gasteiger partial charge in [0.2, 0.25) is 5.91 Å². The fourth-order valence-electron chi connectivity index (χ4n) is 1.10. The highest BCUT2D eigenvalue weighted by Gasteiger charge is 2.22. The van der Waals surface area contributed by atoms with Crippen molar-refractivity contribution in [3.63, 3.8) is 0 Å². The molecular formula is C11H21N3O4. The van der Waals surface area contributed by atoms with Crippen LogP contribution in [0.15, 0.2) is 0 Å². The Labute approximate surface area is 106 Å². The third-order valence-electron chi connectivity index (χ3n) is 2.73. The first-order valence-corrected chi connectivity index (χ1v) is 5.79. The van der Waals surface area contributed by atoms with Crippen LogP contribution in [0.4, 0.5) is 4.79 Å². The van der Waals surface area contributed by atoms with Crippen LogP contribution in [-0.2, 0) is 9.59 Å². The summed E-state index contributed by atoms with van der Waals surface area (Å²) in [6.45, 7) is 6.46. The van der Waals surface area contributed by atoms with Gasteiger partial charge >= 0.3 is 12.0 Å². The van der Waals surface area contributed by atoms with Crippen molar-refractivity contribution < 1.29 is 19.5 Å². The average Bonchev–Trinajstić information content (AvgIpc) is 2.23. The number of nitrogens with two attached hydrogens (primary N) is 1. The number of amides is 3. The minimum Gasteiger partial charge on any atom is -0.480 e. The molecular weight excluding hydrogens is 238 g/mol. The minimum absolute atomic E-state index is 0.273. The first-order chi connectivity index (χ1) is 8.23. The Hall–Kier alpha value is -1.79. The summed E-state index contributed by atoms with van der Waals surface area (Å²) in [4.78, 5) is 32.8. The highest BCUT2D eigenvalue weighted by atomic mass is 16.4. The molecule has 1 unspecified atom stereocenters. The maximum Gasteiger partial charge on any atom is 0.326 e. The number of carbonyl (C=O) groups is 3. The van der Waals surface area contributed by atoms with Gasteiger partial charge in [0.15, 0.2) is 0 Å². The van der Waals surface area contributed by atoms with E-state index in [2.05, 4.69) is 10.6 Å². The van der Waals surface area contributed by atoms with E-state index in [1.807, 2.05) is 20.8 Å². The highest BCUT2D eigenvalue weighted by Crippen LogP contribution is 2.07. The molecule has 2 atom stereocenters. The van der Waals surface area contributed by atoms with Crippen molar-refractivity contribution in [2.45, 2.75) is 33.2 Å². The van der Waals surface area contributed by atoms with Crippen molar-refractivity contribution in [3.05, 3.63) is 0 Å². The van der Waals surface area contributed by atoms with Crippen molar-refractivity contribution in [1.29, 1.82) is 0 Å². The molecule has 0 saturated carbocycles. The molecule has 104 valence electrons. The Bertz CT molecular complexity index is 317. The monoisotopic (exact) mass is 259 g/mol. The third-order valence-corrected chi connectivity index (χ3v) is 2.73. The predicted octanol–water partition coefficient (Wildman–Crippen LogP) is -0.0937. The minimum atomic E-state index is -1.29. The summed E-state index contributed by atoms with van der Waals surface area (Å²) in [5.41, 5.74) is 4.89. The van der Waals surface area contributed by atoms with Gasteiger partial charge in [-0.3, -0.25) is 4.79 Å². The Morgan fingerprint density at radius 2 is 1.78 bits per heavy atom. The van der Waals surface area contributed by atoms with Crippen LogP contribution in [0, 0.1) is 11.8 Å². The number of carboxylic acids is 1. The van der Waals surface area contributed by atoms with Crippen LogP contribution in [0.25, 0.3) is 0 Å². The van der Waals surface area contributed by atoms with Crippen molar-refractivity contribution in [2.24, 2.45) is 17.6 Å². The molecule has 0 spiro atoms. The molecule has 0 aliphatic carbocycles. The standard InChI is InChI=1S/C11H21N3O4/c1-6(2)7(3)5-13-11(18)14-8(10(16)17)4-9(12)15/h6-8H,4-5H2,1-3H3,(H2,12,15)(H,16,17)(H2,13,14,18)/t7?,8-/m0/s1. The zero-order valence-corrected chi connectivity index (χ0v) is 10.9. The summed E-state index contributed by atoms with van der Waals surface area (Å²) in [5, 5.41) is 13.5. The van der Waals surface area contributed by atoms with E-state index < -0.39 is 30.4 Å². The van der Waals surface area contributed by atoms with Gasteiger partial charge in [0.05, 0.1) is 6.42 Å². The molecule has 0 rings (SSSR count). The van der Waals surface area contributed by atoms with Gasteiger partial charge in [-0.25, -0.2) is 9.59 Å². The number of urea groups is 1. The van der Waals surface area contributed by atoms with Crippen LogP contribution in [0.3, 0.4) is 0 Å². The molecule has 3 amide bonds. The molecule has 0 heterocycles. The summed E-state index contributed by atoms with van der Waals surface area (Å²) in [6.07, 6.45) is -0.428. The van der Waals surface area contributed by atoms with Crippen molar-refractivity contribution >= 4 is 17.9 Å². The predicted molar refractivity (Wildman–Crippen MR) is 65.8 cm³/mol. The molecule has 0 aromatic heterocycles. The maximum atomic E-state index is 11.4. The highest BCUT2D eigenvalue weighted by molar-refractivity contribution is 5.87. The number of nitrogens with one attached hydrogen (secondary N) is 2. The van der Waals surface area contributed by atoms with Crippen LogP contribution >= 0.6 is 0 Å². The van der Waals surface area contributed by atoms with E-state index in [-0.39, 0.29) is 5.92 Å². The SMILES string of the molecule is CC(C)C(C)CNC(=O)N[C@@H](CC(N)=O)C(=O)O. The second-order valence-corrected chi connectivity index (χ2v) is 4.64. The summed E-state index contributed by atoms with van der Waals surface area (Å²) in [5.74, 6) is -1.39. The lowest BCUT2D eigenvalue weighted by Crippen LogP contribution is -2.48. The summed E-state index contributed by atoms with van der Waals surface area (Å²) >= 11 is 0. The Morgan fingerprint density at radius 1 is 1.22 bits per heavy atom. The van der Waals surface area contributed by atoms with E-state index in [9.17, 15) is 14.4 Å². The average molecular weight is 259 g/mol. The zero-order chi connectivity index (χ0) is 14.3. The van der Waals surface area contributed by atoms with E-state index in [1.165, 1.54) is 0 Å². The number of hydrogen-bond donors (Lipinski definition) is 4. The lowest BCUT2D eigenvalue weighted by atomic mass is 9.98. The number of carboxylic acid groups (broad SMARTS) is 1. The smallest absolute Gasteiger partial charge is 0.326 e. The molecule has 0 bridgehead atoms. The molecule has 18 heavy (non-hydrogen) atoms. The van der Waals surface area contributed by atoms with Crippen LogP contribution in [0.5, 0.6) is 0 Å². The van der Waals surface area contributed by atoms with E-state index in [4.69, 9.17) is 10.8 Å². The van der Waals surface area contributed by atoms with E-state index in [0.29, 0.717) is 12.5 Å². The fraction of sp³-hybridized carbons (Fsp3) is 0.727. The number of hydrogen-bond acceptors (Lipinski definition) is 3. The maximum absolute atomic E-state index is 11.4. The number of aliphatic carboxylic acids is 1. The molecule has 7 heteroatoms. The van der Waals surface area contributed by atoms with Gasteiger partial charge in [-0.05, 0) is 11.8 Å². The molecule has 0 aliphatic heterocycles. The quantitative estimate of drug-likeness (QED) is 0.510. The van der Waals surface area contributed by atoms with Crippen molar-refractivity contribution in [1.82, 2.24) is 10.6 Å². The Morgan fingerprint density at radius 3 is 2.17 bits per heavy atom. The fourth-order valence-corrected chi connectivity index (χ4v) is 1.10. The number of primary amides is 1. The molecule has 0 radical (unpaired) electrons. The van der Waals surface area contributed by atoms with E-state index in [0.717, 1.165) is 0 Å². The van der Waals surface area contributed by atoms with Gasteiger partial charge in [0.1, 0.15) is 6.04 Å². The van der Waals surface area contributed by atoms with E-state index >= 15 is 0 Å².